The summed E-state index contributed by atoms with van der Waals surface area (Å²) in [6.07, 6.45) is 1.01. The molecule has 0 bridgehead atoms. The largest absolute Gasteiger partial charge is 0.444 e. The molecule has 2 heterocycles. The van der Waals surface area contributed by atoms with E-state index in [1.807, 2.05) is 20.8 Å². The molecular weight excluding hydrogens is 272 g/mol. The molecule has 7 heteroatoms. The average Bonchev–Trinajstić information content (AvgIpc) is 2.40. The Hall–Kier alpha value is -1.79. The molecule has 2 rings (SSSR count). The van der Waals surface area contributed by atoms with Gasteiger partial charge in [0.1, 0.15) is 11.4 Å². The van der Waals surface area contributed by atoms with Gasteiger partial charge >= 0.3 is 6.09 Å². The normalized spacial score (nSPS) is 23.2. The van der Waals surface area contributed by atoms with Crippen LogP contribution < -0.4 is 10.6 Å². The summed E-state index contributed by atoms with van der Waals surface area (Å²) in [4.78, 5) is 29.3. The topological polar surface area (TPSA) is 83.0 Å². The number of hydrogen-bond acceptors (Lipinski definition) is 5. The molecule has 1 atom stereocenters. The second-order valence-corrected chi connectivity index (χ2v) is 6.41. The van der Waals surface area contributed by atoms with Crippen LogP contribution in [-0.2, 0) is 9.53 Å². The highest BCUT2D eigenvalue weighted by Gasteiger charge is 2.26. The molecule has 0 saturated carbocycles. The van der Waals surface area contributed by atoms with Gasteiger partial charge in [-0.2, -0.15) is 0 Å². The number of piperidine rings is 1. The molecule has 0 aromatic heterocycles. The van der Waals surface area contributed by atoms with Gasteiger partial charge in [0, 0.05) is 25.6 Å². The Morgan fingerprint density at radius 3 is 2.86 bits per heavy atom. The van der Waals surface area contributed by atoms with Crippen molar-refractivity contribution in [3.63, 3.8) is 0 Å². The third-order valence-electron chi connectivity index (χ3n) is 3.30. The minimum Gasteiger partial charge on any atom is -0.444 e. The monoisotopic (exact) mass is 296 g/mol. The van der Waals surface area contributed by atoms with Crippen LogP contribution in [0.4, 0.5) is 4.79 Å². The Balaban J connectivity index is 1.84. The van der Waals surface area contributed by atoms with E-state index in [1.54, 1.807) is 4.90 Å². The van der Waals surface area contributed by atoms with Gasteiger partial charge in [0.25, 0.3) is 0 Å². The van der Waals surface area contributed by atoms with Crippen LogP contribution in [0, 0.1) is 0 Å². The average molecular weight is 296 g/mol. The summed E-state index contributed by atoms with van der Waals surface area (Å²) < 4.78 is 5.38. The van der Waals surface area contributed by atoms with Crippen LogP contribution in [0.15, 0.2) is 4.99 Å². The fourth-order valence-electron chi connectivity index (χ4n) is 2.28. The standard InChI is InChI=1S/C14H24N4O3/c1-14(2,3)21-13(20)18-7-6-15-11(9-18)17-10-4-5-12(19)16-8-10/h10H,4-9H2,1-3H3,(H,15,17)(H,16,19). The minimum atomic E-state index is -0.493. The number of ether oxygens (including phenoxy) is 1. The number of amides is 2. The zero-order valence-electron chi connectivity index (χ0n) is 12.9. The van der Waals surface area contributed by atoms with Crippen molar-refractivity contribution in [2.24, 2.45) is 4.99 Å². The van der Waals surface area contributed by atoms with Gasteiger partial charge in [-0.05, 0) is 27.2 Å². The van der Waals surface area contributed by atoms with Crippen molar-refractivity contribution in [1.29, 1.82) is 0 Å². The lowest BCUT2D eigenvalue weighted by Gasteiger charge is -2.32. The molecule has 1 saturated heterocycles. The van der Waals surface area contributed by atoms with E-state index < -0.39 is 5.60 Å². The summed E-state index contributed by atoms with van der Waals surface area (Å²) in [5.41, 5.74) is -0.493. The van der Waals surface area contributed by atoms with Gasteiger partial charge < -0.3 is 15.4 Å². The van der Waals surface area contributed by atoms with Crippen LogP contribution >= 0.6 is 0 Å². The van der Waals surface area contributed by atoms with Crippen molar-refractivity contribution in [1.82, 2.24) is 15.5 Å². The maximum atomic E-state index is 12.1. The lowest BCUT2D eigenvalue weighted by Crippen LogP contribution is -2.53. The number of rotatable bonds is 1. The van der Waals surface area contributed by atoms with Gasteiger partial charge in [-0.25, -0.2) is 4.79 Å². The summed E-state index contributed by atoms with van der Waals surface area (Å²) in [5.74, 6) is 0.877. The van der Waals surface area contributed by atoms with E-state index in [9.17, 15) is 9.59 Å². The molecule has 1 fully saturated rings. The van der Waals surface area contributed by atoms with Gasteiger partial charge in [0.15, 0.2) is 0 Å². The van der Waals surface area contributed by atoms with E-state index in [1.165, 1.54) is 0 Å². The zero-order valence-corrected chi connectivity index (χ0v) is 12.9. The summed E-state index contributed by atoms with van der Waals surface area (Å²) in [7, 11) is 0. The molecule has 0 radical (unpaired) electrons. The molecular formula is C14H24N4O3. The quantitative estimate of drug-likeness (QED) is 0.738. The van der Waals surface area contributed by atoms with Crippen molar-refractivity contribution in [3.8, 4) is 0 Å². The molecule has 0 aliphatic carbocycles. The highest BCUT2D eigenvalue weighted by molar-refractivity contribution is 5.88. The number of nitrogens with one attached hydrogen (secondary N) is 2. The Morgan fingerprint density at radius 1 is 1.48 bits per heavy atom. The van der Waals surface area contributed by atoms with Crippen molar-refractivity contribution in [2.45, 2.75) is 45.3 Å². The predicted octanol–water partition coefficient (Wildman–Crippen LogP) is 0.504. The first kappa shape index (κ1) is 15.6. The van der Waals surface area contributed by atoms with E-state index in [0.29, 0.717) is 32.6 Å². The Bertz CT molecular complexity index is 432. The summed E-state index contributed by atoms with van der Waals surface area (Å²) in [5, 5.41) is 6.14. The van der Waals surface area contributed by atoms with Crippen molar-refractivity contribution in [2.75, 3.05) is 26.2 Å². The number of carbonyl (C=O) groups is 2. The fraction of sp³-hybridized carbons (Fsp3) is 0.786. The van der Waals surface area contributed by atoms with Crippen molar-refractivity contribution >= 4 is 17.8 Å². The van der Waals surface area contributed by atoms with Crippen LogP contribution in [0.3, 0.4) is 0 Å². The highest BCUT2D eigenvalue weighted by Crippen LogP contribution is 2.11. The van der Waals surface area contributed by atoms with Gasteiger partial charge in [0.2, 0.25) is 5.91 Å². The number of nitrogens with zero attached hydrogens (tertiary/aromatic N) is 2. The van der Waals surface area contributed by atoms with E-state index in [-0.39, 0.29) is 18.0 Å². The van der Waals surface area contributed by atoms with Crippen LogP contribution in [0.2, 0.25) is 0 Å². The van der Waals surface area contributed by atoms with Crippen LogP contribution in [0.5, 0.6) is 0 Å². The van der Waals surface area contributed by atoms with Crippen LogP contribution in [0.1, 0.15) is 33.6 Å². The third-order valence-corrected chi connectivity index (χ3v) is 3.30. The molecule has 118 valence electrons. The van der Waals surface area contributed by atoms with E-state index in [4.69, 9.17) is 4.74 Å². The molecule has 7 nitrogen and oxygen atoms in total. The zero-order chi connectivity index (χ0) is 15.5. The maximum Gasteiger partial charge on any atom is 0.410 e. The van der Waals surface area contributed by atoms with Gasteiger partial charge in [-0.1, -0.05) is 0 Å². The molecule has 2 N–H and O–H groups in total. The smallest absolute Gasteiger partial charge is 0.410 e. The Morgan fingerprint density at radius 2 is 2.24 bits per heavy atom. The first-order chi connectivity index (χ1) is 9.83. The second-order valence-electron chi connectivity index (χ2n) is 6.41. The lowest BCUT2D eigenvalue weighted by atomic mass is 10.1. The number of amidine groups is 1. The first-order valence-corrected chi connectivity index (χ1v) is 7.38. The number of hydrogen-bond donors (Lipinski definition) is 2. The van der Waals surface area contributed by atoms with E-state index in [2.05, 4.69) is 15.6 Å². The lowest BCUT2D eigenvalue weighted by molar-refractivity contribution is -0.122. The second kappa shape index (κ2) is 6.32. The van der Waals surface area contributed by atoms with Crippen molar-refractivity contribution < 1.29 is 14.3 Å². The van der Waals surface area contributed by atoms with E-state index in [0.717, 1.165) is 12.3 Å². The Labute approximate surface area is 125 Å². The molecule has 21 heavy (non-hydrogen) atoms. The molecule has 0 aromatic carbocycles. The van der Waals surface area contributed by atoms with Crippen LogP contribution in [0.25, 0.3) is 0 Å². The highest BCUT2D eigenvalue weighted by atomic mass is 16.6. The van der Waals surface area contributed by atoms with Crippen molar-refractivity contribution in [3.05, 3.63) is 0 Å². The summed E-state index contributed by atoms with van der Waals surface area (Å²) in [6, 6.07) is 0.181. The number of aliphatic imine (C=N–C) groups is 1. The van der Waals surface area contributed by atoms with Gasteiger partial charge in [-0.15, -0.1) is 0 Å². The molecule has 0 spiro atoms. The summed E-state index contributed by atoms with van der Waals surface area (Å²) in [6.45, 7) is 7.73. The van der Waals surface area contributed by atoms with Gasteiger partial charge in [-0.3, -0.25) is 14.7 Å². The van der Waals surface area contributed by atoms with Gasteiger partial charge in [0.05, 0.1) is 13.1 Å². The van der Waals surface area contributed by atoms with Crippen LogP contribution in [-0.4, -0.2) is 60.6 Å². The summed E-state index contributed by atoms with van der Waals surface area (Å²) >= 11 is 0. The molecule has 1 unspecified atom stereocenters. The minimum absolute atomic E-state index is 0.0917. The molecule has 2 amide bonds. The third kappa shape index (κ3) is 4.91. The SMILES string of the molecule is CC(C)(C)OC(=O)N1CCN=C(NC2CCC(=O)NC2)C1. The Kier molecular flexibility index (Phi) is 4.69. The first-order valence-electron chi connectivity index (χ1n) is 7.38. The molecule has 2 aliphatic heterocycles. The fourth-order valence-corrected chi connectivity index (χ4v) is 2.28. The maximum absolute atomic E-state index is 12.1. The number of carbonyl (C=O) groups excluding carboxylic acids is 2. The predicted molar refractivity (Wildman–Crippen MR) is 79.3 cm³/mol. The van der Waals surface area contributed by atoms with E-state index >= 15 is 0 Å². The molecule has 0 aromatic rings. The molecule has 2 aliphatic rings.